The van der Waals surface area contributed by atoms with Crippen molar-refractivity contribution in [3.05, 3.63) is 111 Å². The van der Waals surface area contributed by atoms with E-state index in [1.54, 1.807) is 25.1 Å². The number of ether oxygens (including phenoxy) is 1. The molecule has 0 saturated carbocycles. The molecule has 7 rings (SSSR count). The van der Waals surface area contributed by atoms with E-state index in [1.165, 1.54) is 35.1 Å². The number of aromatic nitrogens is 1. The molecule has 12 heteroatoms. The molecule has 2 aliphatic rings. The van der Waals surface area contributed by atoms with E-state index in [1.807, 2.05) is 36.4 Å². The first kappa shape index (κ1) is 28.8. The van der Waals surface area contributed by atoms with Gasteiger partial charge in [0.25, 0.3) is 0 Å². The summed E-state index contributed by atoms with van der Waals surface area (Å²) >= 11 is 2.06. The number of nitrogens with one attached hydrogen (secondary N) is 1. The molecule has 4 heterocycles. The van der Waals surface area contributed by atoms with Gasteiger partial charge in [0.05, 0.1) is 45.9 Å². The zero-order valence-electron chi connectivity index (χ0n) is 23.8. The average molecular weight is 640 g/mol. The number of thiazole rings is 1. The Labute approximate surface area is 264 Å². The number of hydrogen-bond donors (Lipinski definition) is 1. The molecule has 0 unspecified atom stereocenters. The normalized spacial score (nSPS) is 19.0. The maximum atomic E-state index is 14.0. The number of imide groups is 1. The Morgan fingerprint density at radius 2 is 1.71 bits per heavy atom. The quantitative estimate of drug-likeness (QED) is 0.189. The second-order valence-corrected chi connectivity index (χ2v) is 12.7. The van der Waals surface area contributed by atoms with E-state index in [9.17, 15) is 24.0 Å². The molecule has 0 bridgehead atoms. The minimum Gasteiger partial charge on any atom is -0.469 e. The van der Waals surface area contributed by atoms with Crippen molar-refractivity contribution in [2.45, 2.75) is 29.7 Å². The first-order valence-corrected chi connectivity index (χ1v) is 15.9. The Bertz CT molecular complexity index is 2030. The molecule has 0 radical (unpaired) electrons. The summed E-state index contributed by atoms with van der Waals surface area (Å²) in [6.45, 7) is 1.66. The first-order valence-electron chi connectivity index (χ1n) is 14.2. The summed E-state index contributed by atoms with van der Waals surface area (Å²) in [5, 5.41) is 4.47. The van der Waals surface area contributed by atoms with Crippen molar-refractivity contribution in [1.29, 1.82) is 0 Å². The topological polar surface area (TPSA) is 128 Å². The molecular weight excluding hydrogens is 615 g/mol. The van der Waals surface area contributed by atoms with Crippen molar-refractivity contribution in [2.75, 3.05) is 16.8 Å². The van der Waals surface area contributed by atoms with Gasteiger partial charge in [-0.05, 0) is 66.2 Å². The molecule has 3 aromatic carbocycles. The number of fused-ring (bicyclic) bond motifs is 3. The number of amides is 3. The number of thioether (sulfide) groups is 1. The van der Waals surface area contributed by atoms with Crippen LogP contribution in [-0.4, -0.2) is 40.1 Å². The summed E-state index contributed by atoms with van der Waals surface area (Å²) in [5.74, 6) is -2.89. The molecule has 5 aromatic rings. The number of esters is 1. The highest BCUT2D eigenvalue weighted by atomic mass is 32.2. The standard InChI is InChI=1S/C33H25N3O7S2/c1-2-42-32(40)19-10-13-22(14-11-19)36-29(38)26-25(23-8-5-15-43-23)28-31(44-27(26)30(36)39)35(33(41)45-28)17-24(37)34-21-12-9-18-6-3-4-7-20(18)16-21/h3-16,25-27H,2,17H2,1H3,(H,34,37)/t25-,26-,27+/m0/s1. The lowest BCUT2D eigenvalue weighted by molar-refractivity contribution is -0.122. The van der Waals surface area contributed by atoms with E-state index in [4.69, 9.17) is 9.15 Å². The monoisotopic (exact) mass is 639 g/mol. The third-order valence-electron chi connectivity index (χ3n) is 7.87. The van der Waals surface area contributed by atoms with Crippen LogP contribution >= 0.6 is 23.1 Å². The Morgan fingerprint density at radius 3 is 2.44 bits per heavy atom. The van der Waals surface area contributed by atoms with Crippen molar-refractivity contribution in [3.63, 3.8) is 0 Å². The zero-order chi connectivity index (χ0) is 31.2. The first-order chi connectivity index (χ1) is 21.8. The predicted octanol–water partition coefficient (Wildman–Crippen LogP) is 5.27. The van der Waals surface area contributed by atoms with Gasteiger partial charge in [0, 0.05) is 5.69 Å². The van der Waals surface area contributed by atoms with E-state index in [0.717, 1.165) is 38.8 Å². The number of furan rings is 1. The largest absolute Gasteiger partial charge is 0.469 e. The molecule has 45 heavy (non-hydrogen) atoms. The van der Waals surface area contributed by atoms with E-state index in [0.29, 0.717) is 32.6 Å². The Balaban J connectivity index is 1.20. The number of hydrogen-bond acceptors (Lipinski definition) is 9. The second kappa shape index (κ2) is 11.5. The Hall–Kier alpha value is -4.94. The van der Waals surface area contributed by atoms with Crippen molar-refractivity contribution >= 4 is 68.9 Å². The summed E-state index contributed by atoms with van der Waals surface area (Å²) in [6, 6.07) is 22.9. The maximum Gasteiger partial charge on any atom is 0.338 e. The summed E-state index contributed by atoms with van der Waals surface area (Å²) in [7, 11) is 0. The highest BCUT2D eigenvalue weighted by molar-refractivity contribution is 8.00. The van der Waals surface area contributed by atoms with Gasteiger partial charge >= 0.3 is 10.8 Å². The third-order valence-corrected chi connectivity index (χ3v) is 10.5. The number of nitrogens with zero attached hydrogens (tertiary/aromatic N) is 2. The minimum absolute atomic E-state index is 0.221. The maximum absolute atomic E-state index is 14.0. The van der Waals surface area contributed by atoms with Crippen molar-refractivity contribution in [3.8, 4) is 0 Å². The van der Waals surface area contributed by atoms with Crippen LogP contribution in [0.25, 0.3) is 10.8 Å². The summed E-state index contributed by atoms with van der Waals surface area (Å²) in [4.78, 5) is 67.8. The second-order valence-electron chi connectivity index (χ2n) is 10.6. The van der Waals surface area contributed by atoms with Gasteiger partial charge in [0.1, 0.15) is 17.6 Å². The molecule has 1 N–H and O–H groups in total. The van der Waals surface area contributed by atoms with Gasteiger partial charge in [-0.25, -0.2) is 9.69 Å². The van der Waals surface area contributed by atoms with Gasteiger partial charge < -0.3 is 14.5 Å². The fourth-order valence-corrected chi connectivity index (χ4v) is 8.61. The smallest absolute Gasteiger partial charge is 0.338 e. The molecule has 226 valence electrons. The van der Waals surface area contributed by atoms with Gasteiger partial charge in [-0.15, -0.1) is 0 Å². The van der Waals surface area contributed by atoms with Crippen LogP contribution in [0.5, 0.6) is 0 Å². The molecule has 10 nitrogen and oxygen atoms in total. The van der Waals surface area contributed by atoms with E-state index < -0.39 is 40.8 Å². The summed E-state index contributed by atoms with van der Waals surface area (Å²) in [5.41, 5.74) is 1.22. The average Bonchev–Trinajstić information content (AvgIpc) is 3.74. The van der Waals surface area contributed by atoms with Crippen LogP contribution in [0.3, 0.4) is 0 Å². The number of anilines is 2. The number of carbonyl (C=O) groups is 4. The molecule has 1 fully saturated rings. The molecule has 2 aromatic heterocycles. The lowest BCUT2D eigenvalue weighted by atomic mass is 9.87. The van der Waals surface area contributed by atoms with Crippen LogP contribution in [0.2, 0.25) is 0 Å². The fourth-order valence-electron chi connectivity index (χ4n) is 5.86. The van der Waals surface area contributed by atoms with E-state index >= 15 is 0 Å². The van der Waals surface area contributed by atoms with Crippen LogP contribution in [0.4, 0.5) is 11.4 Å². The van der Waals surface area contributed by atoms with Crippen molar-refractivity contribution in [1.82, 2.24) is 4.57 Å². The summed E-state index contributed by atoms with van der Waals surface area (Å²) in [6.07, 6.45) is 1.48. The molecule has 3 atom stereocenters. The number of carbonyl (C=O) groups excluding carboxylic acids is 4. The molecule has 2 aliphatic heterocycles. The third kappa shape index (κ3) is 5.05. The molecule has 1 saturated heterocycles. The van der Waals surface area contributed by atoms with Crippen molar-refractivity contribution < 1.29 is 28.3 Å². The minimum atomic E-state index is -0.867. The summed E-state index contributed by atoms with van der Waals surface area (Å²) < 4.78 is 12.1. The van der Waals surface area contributed by atoms with Gasteiger partial charge in [-0.2, -0.15) is 0 Å². The number of benzene rings is 3. The van der Waals surface area contributed by atoms with Crippen LogP contribution in [0.1, 0.15) is 33.8 Å². The van der Waals surface area contributed by atoms with Crippen LogP contribution in [-0.2, 0) is 25.7 Å². The molecule has 3 amide bonds. The highest BCUT2D eigenvalue weighted by Gasteiger charge is 2.57. The van der Waals surface area contributed by atoms with Gasteiger partial charge in [-0.3, -0.25) is 23.7 Å². The molecular formula is C33H25N3O7S2. The Kier molecular flexibility index (Phi) is 7.38. The molecule has 0 aliphatic carbocycles. The predicted molar refractivity (Wildman–Crippen MR) is 170 cm³/mol. The Morgan fingerprint density at radius 1 is 0.933 bits per heavy atom. The zero-order valence-corrected chi connectivity index (χ0v) is 25.4. The van der Waals surface area contributed by atoms with Gasteiger partial charge in [0.2, 0.25) is 17.7 Å². The van der Waals surface area contributed by atoms with Gasteiger partial charge in [-0.1, -0.05) is 53.4 Å². The SMILES string of the molecule is CCOC(=O)c1ccc(N2C(=O)[C@H]3[C@H](c4ccco4)c4sc(=O)n(CC(=O)Nc5ccc6ccccc6c5)c4S[C@H]3C2=O)cc1. The fraction of sp³-hybridized carbons (Fsp3) is 0.182. The number of rotatable bonds is 7. The lowest BCUT2D eigenvalue weighted by Crippen LogP contribution is -2.32. The van der Waals surface area contributed by atoms with E-state index in [2.05, 4.69) is 5.32 Å². The lowest BCUT2D eigenvalue weighted by Gasteiger charge is -2.29. The van der Waals surface area contributed by atoms with Crippen LogP contribution in [0.15, 0.2) is 99.4 Å². The van der Waals surface area contributed by atoms with Crippen LogP contribution < -0.4 is 15.1 Å². The van der Waals surface area contributed by atoms with Crippen LogP contribution in [0, 0.1) is 5.92 Å². The van der Waals surface area contributed by atoms with E-state index in [-0.39, 0.29) is 18.0 Å². The van der Waals surface area contributed by atoms with Gasteiger partial charge in [0.15, 0.2) is 0 Å². The molecule has 0 spiro atoms. The van der Waals surface area contributed by atoms with Crippen molar-refractivity contribution in [2.24, 2.45) is 5.92 Å². The highest BCUT2D eigenvalue weighted by Crippen LogP contribution is 2.54.